The number of benzene rings is 1. The van der Waals surface area contributed by atoms with Gasteiger partial charge in [0, 0.05) is 24.6 Å². The molecular formula is C16H19F2NS. The van der Waals surface area contributed by atoms with Crippen LogP contribution in [0.3, 0.4) is 0 Å². The van der Waals surface area contributed by atoms with Gasteiger partial charge in [-0.1, -0.05) is 25.6 Å². The molecule has 1 heterocycles. The fourth-order valence-corrected chi connectivity index (χ4v) is 3.73. The molecule has 0 amide bonds. The van der Waals surface area contributed by atoms with Crippen molar-refractivity contribution in [2.45, 2.75) is 38.0 Å². The second kappa shape index (κ2) is 5.06. The molecule has 1 aromatic rings. The van der Waals surface area contributed by atoms with E-state index in [4.69, 9.17) is 12.2 Å². The average molecular weight is 295 g/mol. The lowest BCUT2D eigenvalue weighted by Gasteiger charge is -2.24. The lowest BCUT2D eigenvalue weighted by atomic mass is 9.95. The topological polar surface area (TPSA) is 3.24 Å². The fourth-order valence-electron chi connectivity index (χ4n) is 3.45. The standard InChI is InChI=1S/C16H19F2NS/c1-2-3-4-15(20)19-9-12-8-16(12,10-19)11-5-13(17)7-14(18)6-11/h5-7,12H,2-4,8-10H2,1H3/t12-,16+/m0/s1. The highest BCUT2D eigenvalue weighted by molar-refractivity contribution is 7.80. The summed E-state index contributed by atoms with van der Waals surface area (Å²) >= 11 is 5.48. The van der Waals surface area contributed by atoms with Gasteiger partial charge < -0.3 is 4.90 Å². The molecule has 1 aliphatic carbocycles. The average Bonchev–Trinajstić information content (AvgIpc) is 2.97. The van der Waals surface area contributed by atoms with Crippen LogP contribution in [0, 0.1) is 17.6 Å². The van der Waals surface area contributed by atoms with Gasteiger partial charge >= 0.3 is 0 Å². The third-order valence-electron chi connectivity index (χ3n) is 4.68. The maximum atomic E-state index is 13.4. The van der Waals surface area contributed by atoms with Gasteiger partial charge in [-0.05, 0) is 42.9 Å². The normalized spacial score (nSPS) is 27.6. The van der Waals surface area contributed by atoms with Gasteiger partial charge in [0.1, 0.15) is 11.6 Å². The number of piperidine rings is 1. The Bertz CT molecular complexity index is 525. The molecule has 0 radical (unpaired) electrons. The molecule has 3 rings (SSSR count). The predicted molar refractivity (Wildman–Crippen MR) is 79.8 cm³/mol. The van der Waals surface area contributed by atoms with E-state index in [1.165, 1.54) is 12.1 Å². The smallest absolute Gasteiger partial charge is 0.126 e. The van der Waals surface area contributed by atoms with Crippen LogP contribution in [-0.2, 0) is 5.41 Å². The number of thiocarbonyl (C=S) groups is 1. The Balaban J connectivity index is 1.75. The molecule has 2 fully saturated rings. The van der Waals surface area contributed by atoms with Crippen molar-refractivity contribution < 1.29 is 8.78 Å². The third-order valence-corrected chi connectivity index (χ3v) is 5.14. The Morgan fingerprint density at radius 1 is 1.35 bits per heavy atom. The third kappa shape index (κ3) is 2.34. The van der Waals surface area contributed by atoms with Gasteiger partial charge in [-0.15, -0.1) is 0 Å². The quantitative estimate of drug-likeness (QED) is 0.771. The summed E-state index contributed by atoms with van der Waals surface area (Å²) in [6, 6.07) is 3.92. The van der Waals surface area contributed by atoms with E-state index in [2.05, 4.69) is 11.8 Å². The molecule has 108 valence electrons. The van der Waals surface area contributed by atoms with E-state index < -0.39 is 11.6 Å². The highest BCUT2D eigenvalue weighted by atomic mass is 32.1. The molecule has 4 heteroatoms. The first-order valence-electron chi connectivity index (χ1n) is 7.29. The summed E-state index contributed by atoms with van der Waals surface area (Å²) in [5.74, 6) is -0.456. The molecule has 0 unspecified atom stereocenters. The van der Waals surface area contributed by atoms with Crippen LogP contribution in [0.15, 0.2) is 18.2 Å². The lowest BCUT2D eigenvalue weighted by Crippen LogP contribution is -2.31. The molecule has 2 atom stereocenters. The minimum absolute atomic E-state index is 0.0563. The van der Waals surface area contributed by atoms with Gasteiger partial charge in [0.2, 0.25) is 0 Å². The van der Waals surface area contributed by atoms with Crippen LogP contribution < -0.4 is 0 Å². The van der Waals surface area contributed by atoms with Crippen molar-refractivity contribution in [3.8, 4) is 0 Å². The lowest BCUT2D eigenvalue weighted by molar-refractivity contribution is 0.443. The highest BCUT2D eigenvalue weighted by Gasteiger charge is 2.61. The summed E-state index contributed by atoms with van der Waals surface area (Å²) in [6.07, 6.45) is 4.23. The minimum Gasteiger partial charge on any atom is -0.365 e. The van der Waals surface area contributed by atoms with Crippen LogP contribution in [0.2, 0.25) is 0 Å². The molecule has 1 saturated heterocycles. The van der Waals surface area contributed by atoms with E-state index >= 15 is 0 Å². The Morgan fingerprint density at radius 3 is 2.70 bits per heavy atom. The summed E-state index contributed by atoms with van der Waals surface area (Å²) in [5.41, 5.74) is 0.750. The first kappa shape index (κ1) is 13.9. The monoisotopic (exact) mass is 295 g/mol. The summed E-state index contributed by atoms with van der Waals surface area (Å²) < 4.78 is 26.8. The van der Waals surface area contributed by atoms with Crippen LogP contribution >= 0.6 is 12.2 Å². The van der Waals surface area contributed by atoms with Crippen LogP contribution in [0.4, 0.5) is 8.78 Å². The highest BCUT2D eigenvalue weighted by Crippen LogP contribution is 2.59. The molecular weight excluding hydrogens is 276 g/mol. The number of hydrogen-bond donors (Lipinski definition) is 0. The van der Waals surface area contributed by atoms with Gasteiger partial charge in [0.25, 0.3) is 0 Å². The molecule has 0 N–H and O–H groups in total. The van der Waals surface area contributed by atoms with Gasteiger partial charge in [-0.2, -0.15) is 0 Å². The summed E-state index contributed by atoms with van der Waals surface area (Å²) in [7, 11) is 0. The van der Waals surface area contributed by atoms with Crippen LogP contribution in [0.5, 0.6) is 0 Å². The van der Waals surface area contributed by atoms with E-state index in [-0.39, 0.29) is 5.41 Å². The molecule has 1 aromatic carbocycles. The fraction of sp³-hybridized carbons (Fsp3) is 0.562. The largest absolute Gasteiger partial charge is 0.365 e. The van der Waals surface area contributed by atoms with Gasteiger partial charge in [-0.25, -0.2) is 8.78 Å². The van der Waals surface area contributed by atoms with Crippen molar-refractivity contribution in [1.29, 1.82) is 0 Å². The SMILES string of the molecule is CCCCC(=S)N1C[C@@H]2C[C@]2(c2cc(F)cc(F)c2)C1. The van der Waals surface area contributed by atoms with Crippen molar-refractivity contribution in [3.05, 3.63) is 35.4 Å². The number of rotatable bonds is 4. The number of nitrogens with zero attached hydrogens (tertiary/aromatic N) is 1. The van der Waals surface area contributed by atoms with Crippen molar-refractivity contribution in [1.82, 2.24) is 4.90 Å². The minimum atomic E-state index is -0.480. The van der Waals surface area contributed by atoms with Crippen LogP contribution in [-0.4, -0.2) is 23.0 Å². The zero-order valence-electron chi connectivity index (χ0n) is 11.7. The summed E-state index contributed by atoms with van der Waals surface area (Å²) in [6.45, 7) is 3.92. The van der Waals surface area contributed by atoms with E-state index in [1.807, 2.05) is 0 Å². The molecule has 0 spiro atoms. The number of likely N-dealkylation sites (tertiary alicyclic amines) is 1. The summed E-state index contributed by atoms with van der Waals surface area (Å²) in [4.78, 5) is 3.25. The molecule has 0 aromatic heterocycles. The van der Waals surface area contributed by atoms with Crippen molar-refractivity contribution in [2.24, 2.45) is 5.92 Å². The number of hydrogen-bond acceptors (Lipinski definition) is 1. The Morgan fingerprint density at radius 2 is 2.05 bits per heavy atom. The molecule has 1 nitrogen and oxygen atoms in total. The van der Waals surface area contributed by atoms with Gasteiger partial charge in [-0.3, -0.25) is 0 Å². The molecule has 1 saturated carbocycles. The van der Waals surface area contributed by atoms with Gasteiger partial charge in [0.15, 0.2) is 0 Å². The van der Waals surface area contributed by atoms with E-state index in [0.29, 0.717) is 5.92 Å². The Labute approximate surface area is 124 Å². The van der Waals surface area contributed by atoms with Crippen molar-refractivity contribution in [2.75, 3.05) is 13.1 Å². The first-order valence-corrected chi connectivity index (χ1v) is 7.70. The number of unbranched alkanes of at least 4 members (excludes halogenated alkanes) is 1. The molecule has 1 aliphatic heterocycles. The van der Waals surface area contributed by atoms with E-state index in [0.717, 1.165) is 55.4 Å². The van der Waals surface area contributed by atoms with Gasteiger partial charge in [0.05, 0.1) is 4.99 Å². The predicted octanol–water partition coefficient (Wildman–Crippen LogP) is 4.06. The maximum Gasteiger partial charge on any atom is 0.126 e. The number of halogens is 2. The van der Waals surface area contributed by atoms with Crippen LogP contribution in [0.1, 0.15) is 38.2 Å². The van der Waals surface area contributed by atoms with Crippen molar-refractivity contribution >= 4 is 17.2 Å². The summed E-state index contributed by atoms with van der Waals surface area (Å²) in [5, 5.41) is 0. The molecule has 2 aliphatic rings. The second-order valence-corrected chi connectivity index (χ2v) is 6.56. The van der Waals surface area contributed by atoms with E-state index in [9.17, 15) is 8.78 Å². The van der Waals surface area contributed by atoms with E-state index in [1.54, 1.807) is 0 Å². The maximum absolute atomic E-state index is 13.4. The Kier molecular flexibility index (Phi) is 3.53. The molecule has 20 heavy (non-hydrogen) atoms. The van der Waals surface area contributed by atoms with Crippen LogP contribution in [0.25, 0.3) is 0 Å². The first-order chi connectivity index (χ1) is 9.55. The Hall–Kier alpha value is -1.03. The number of fused-ring (bicyclic) bond motifs is 1. The zero-order chi connectivity index (χ0) is 14.3. The zero-order valence-corrected chi connectivity index (χ0v) is 12.5. The molecule has 0 bridgehead atoms. The van der Waals surface area contributed by atoms with Crippen molar-refractivity contribution in [3.63, 3.8) is 0 Å². The second-order valence-electron chi connectivity index (χ2n) is 6.09.